The summed E-state index contributed by atoms with van der Waals surface area (Å²) in [7, 11) is -4.05. The smallest absolute Gasteiger partial charge is 0.252 e. The molecule has 6 nitrogen and oxygen atoms in total. The van der Waals surface area contributed by atoms with Gasteiger partial charge in [-0.3, -0.25) is 9.59 Å². The van der Waals surface area contributed by atoms with E-state index >= 15 is 0 Å². The van der Waals surface area contributed by atoms with Crippen LogP contribution < -0.4 is 4.90 Å². The molecule has 1 fully saturated rings. The van der Waals surface area contributed by atoms with Gasteiger partial charge in [0, 0.05) is 5.54 Å². The minimum atomic E-state index is -4.05. The predicted molar refractivity (Wildman–Crippen MR) is 107 cm³/mol. The molecule has 1 atom stereocenters. The Bertz CT molecular complexity index is 1040. The Hall–Kier alpha value is -2.58. The highest BCUT2D eigenvalue weighted by atomic mass is 32.2. The Labute approximate surface area is 170 Å². The third-order valence-electron chi connectivity index (χ3n) is 4.73. The van der Waals surface area contributed by atoms with Crippen molar-refractivity contribution >= 4 is 27.5 Å². The lowest BCUT2D eigenvalue weighted by Crippen LogP contribution is -2.54. The third-order valence-corrected chi connectivity index (χ3v) is 6.92. The van der Waals surface area contributed by atoms with Crippen LogP contribution in [-0.4, -0.2) is 36.1 Å². The zero-order valence-corrected chi connectivity index (χ0v) is 17.5. The molecule has 2 aromatic carbocycles. The number of sulfonamides is 1. The van der Waals surface area contributed by atoms with Gasteiger partial charge in [0.05, 0.1) is 17.0 Å². The summed E-state index contributed by atoms with van der Waals surface area (Å²) < 4.78 is 41.2. The molecule has 0 aliphatic carbocycles. The summed E-state index contributed by atoms with van der Waals surface area (Å²) in [6.07, 6.45) is -0.279. The van der Waals surface area contributed by atoms with E-state index in [1.807, 2.05) is 6.92 Å². The molecule has 154 valence electrons. The first-order valence-corrected chi connectivity index (χ1v) is 10.6. The maximum absolute atomic E-state index is 13.4. The second-order valence-corrected chi connectivity index (χ2v) is 9.86. The molecule has 0 aromatic heterocycles. The Morgan fingerprint density at radius 1 is 1.00 bits per heavy atom. The third kappa shape index (κ3) is 3.95. The second-order valence-electron chi connectivity index (χ2n) is 8.05. The van der Waals surface area contributed by atoms with Crippen LogP contribution in [0.2, 0.25) is 0 Å². The fraction of sp³-hybridized carbons (Fsp3) is 0.333. The number of nitrogens with zero attached hydrogens (tertiary/aromatic N) is 2. The molecule has 1 aliphatic rings. The number of imide groups is 1. The number of anilines is 1. The first kappa shape index (κ1) is 21.1. The largest absolute Gasteiger partial charge is 0.274 e. The van der Waals surface area contributed by atoms with Crippen molar-refractivity contribution in [1.29, 1.82) is 0 Å². The highest BCUT2D eigenvalue weighted by Gasteiger charge is 2.50. The number of benzene rings is 2. The maximum Gasteiger partial charge on any atom is 0.252 e. The van der Waals surface area contributed by atoms with E-state index in [0.717, 1.165) is 26.9 Å². The molecule has 1 saturated heterocycles. The Balaban J connectivity index is 2.04. The van der Waals surface area contributed by atoms with Crippen LogP contribution in [0, 0.1) is 12.7 Å². The van der Waals surface area contributed by atoms with Crippen LogP contribution in [0.15, 0.2) is 53.4 Å². The molecule has 1 heterocycles. The molecule has 0 saturated carbocycles. The molecule has 0 radical (unpaired) electrons. The first-order valence-electron chi connectivity index (χ1n) is 9.16. The molecule has 3 rings (SSSR count). The molecule has 29 heavy (non-hydrogen) atoms. The number of rotatable bonds is 4. The second kappa shape index (κ2) is 7.35. The summed E-state index contributed by atoms with van der Waals surface area (Å²) in [5.41, 5.74) is 0.162. The van der Waals surface area contributed by atoms with Crippen molar-refractivity contribution in [3.63, 3.8) is 0 Å². The van der Waals surface area contributed by atoms with Crippen molar-refractivity contribution in [2.75, 3.05) is 4.90 Å². The summed E-state index contributed by atoms with van der Waals surface area (Å²) in [6, 6.07) is 10.1. The van der Waals surface area contributed by atoms with Gasteiger partial charge in [0.25, 0.3) is 5.91 Å². The number of amides is 2. The van der Waals surface area contributed by atoms with Crippen molar-refractivity contribution in [1.82, 2.24) is 4.31 Å². The highest BCUT2D eigenvalue weighted by molar-refractivity contribution is 7.89. The van der Waals surface area contributed by atoms with Gasteiger partial charge in [-0.05, 0) is 64.1 Å². The number of aryl methyl sites for hydroxylation is 1. The normalized spacial score (nSPS) is 18.0. The van der Waals surface area contributed by atoms with Crippen LogP contribution in [0.1, 0.15) is 32.8 Å². The van der Waals surface area contributed by atoms with Gasteiger partial charge in [-0.25, -0.2) is 17.7 Å². The van der Waals surface area contributed by atoms with E-state index < -0.39 is 39.2 Å². The highest BCUT2D eigenvalue weighted by Crippen LogP contribution is 2.34. The van der Waals surface area contributed by atoms with Gasteiger partial charge in [-0.1, -0.05) is 17.7 Å². The molecule has 0 bridgehead atoms. The first-order chi connectivity index (χ1) is 13.4. The van der Waals surface area contributed by atoms with Gasteiger partial charge in [0.1, 0.15) is 11.9 Å². The average molecular weight is 418 g/mol. The summed E-state index contributed by atoms with van der Waals surface area (Å²) in [5.74, 6) is -1.67. The zero-order valence-electron chi connectivity index (χ0n) is 16.7. The molecule has 2 aromatic rings. The number of hydrogen-bond donors (Lipinski definition) is 0. The van der Waals surface area contributed by atoms with Crippen molar-refractivity contribution in [2.24, 2.45) is 0 Å². The van der Waals surface area contributed by atoms with Crippen molar-refractivity contribution in [3.05, 3.63) is 59.9 Å². The van der Waals surface area contributed by atoms with Gasteiger partial charge in [-0.15, -0.1) is 0 Å². The van der Waals surface area contributed by atoms with E-state index in [1.54, 1.807) is 32.9 Å². The van der Waals surface area contributed by atoms with Crippen LogP contribution in [-0.2, 0) is 19.6 Å². The molecular weight excluding hydrogens is 395 g/mol. The fourth-order valence-corrected chi connectivity index (χ4v) is 5.41. The molecule has 2 amide bonds. The van der Waals surface area contributed by atoms with Crippen LogP contribution in [0.4, 0.5) is 10.1 Å². The van der Waals surface area contributed by atoms with Gasteiger partial charge >= 0.3 is 0 Å². The van der Waals surface area contributed by atoms with E-state index in [4.69, 9.17) is 0 Å². The van der Waals surface area contributed by atoms with Crippen molar-refractivity contribution < 1.29 is 22.4 Å². The van der Waals surface area contributed by atoms with Gasteiger partial charge < -0.3 is 0 Å². The zero-order chi connectivity index (χ0) is 21.6. The van der Waals surface area contributed by atoms with Crippen LogP contribution in [0.3, 0.4) is 0 Å². The molecule has 8 heteroatoms. The summed E-state index contributed by atoms with van der Waals surface area (Å²) in [6.45, 7) is 6.88. The van der Waals surface area contributed by atoms with E-state index in [2.05, 4.69) is 0 Å². The number of halogens is 1. The SMILES string of the molecule is Cc1ccc(S(=O)(=O)N(C2CC(=O)N(c3ccc(F)cc3)C2=O)C(C)(C)C)cc1. The maximum atomic E-state index is 13.4. The Morgan fingerprint density at radius 2 is 1.55 bits per heavy atom. The van der Waals surface area contributed by atoms with Crippen LogP contribution >= 0.6 is 0 Å². The molecule has 0 N–H and O–H groups in total. The minimum absolute atomic E-state index is 0.0542. The standard InChI is InChI=1S/C21H23FN2O4S/c1-14-5-11-17(12-6-14)29(27,28)24(21(2,3)4)18-13-19(25)23(20(18)26)16-9-7-15(22)8-10-16/h5-12,18H,13H2,1-4H3. The van der Waals surface area contributed by atoms with E-state index in [1.165, 1.54) is 24.3 Å². The summed E-state index contributed by atoms with van der Waals surface area (Å²) in [5, 5.41) is 0. The number of hydrogen-bond acceptors (Lipinski definition) is 4. The fourth-order valence-electron chi connectivity index (χ4n) is 3.48. The average Bonchev–Trinajstić information content (AvgIpc) is 2.89. The van der Waals surface area contributed by atoms with Gasteiger partial charge in [0.2, 0.25) is 15.9 Å². The summed E-state index contributed by atoms with van der Waals surface area (Å²) >= 11 is 0. The van der Waals surface area contributed by atoms with Crippen LogP contribution in [0.25, 0.3) is 0 Å². The van der Waals surface area contributed by atoms with Gasteiger partial charge in [0.15, 0.2) is 0 Å². The van der Waals surface area contributed by atoms with Crippen molar-refractivity contribution in [3.8, 4) is 0 Å². The van der Waals surface area contributed by atoms with Crippen molar-refractivity contribution in [2.45, 2.75) is 50.6 Å². The molecular formula is C21H23FN2O4S. The number of carbonyl (C=O) groups excluding carboxylic acids is 2. The Kier molecular flexibility index (Phi) is 5.36. The lowest BCUT2D eigenvalue weighted by molar-refractivity contribution is -0.122. The molecule has 0 spiro atoms. The quantitative estimate of drug-likeness (QED) is 0.715. The van der Waals surface area contributed by atoms with E-state index in [-0.39, 0.29) is 17.0 Å². The van der Waals surface area contributed by atoms with E-state index in [9.17, 15) is 22.4 Å². The molecule has 1 aliphatic heterocycles. The topological polar surface area (TPSA) is 74.8 Å². The monoisotopic (exact) mass is 418 g/mol. The summed E-state index contributed by atoms with van der Waals surface area (Å²) in [4.78, 5) is 26.7. The lowest BCUT2D eigenvalue weighted by atomic mass is 10.1. The lowest BCUT2D eigenvalue weighted by Gasteiger charge is -2.37. The number of carbonyl (C=O) groups is 2. The predicted octanol–water partition coefficient (Wildman–Crippen LogP) is 3.26. The minimum Gasteiger partial charge on any atom is -0.274 e. The van der Waals surface area contributed by atoms with Gasteiger partial charge in [-0.2, -0.15) is 4.31 Å². The molecule has 1 unspecified atom stereocenters. The Morgan fingerprint density at radius 3 is 2.07 bits per heavy atom. The van der Waals surface area contributed by atoms with E-state index in [0.29, 0.717) is 0 Å². The van der Waals surface area contributed by atoms with Crippen LogP contribution in [0.5, 0.6) is 0 Å².